The summed E-state index contributed by atoms with van der Waals surface area (Å²) in [6.45, 7) is 9.64. The summed E-state index contributed by atoms with van der Waals surface area (Å²) in [5.41, 5.74) is -0.436. The molecule has 2 atom stereocenters. The molecule has 0 aliphatic heterocycles. The average molecular weight is 284 g/mol. The van der Waals surface area contributed by atoms with E-state index in [1.54, 1.807) is 0 Å². The van der Waals surface area contributed by atoms with Gasteiger partial charge in [0.1, 0.15) is 0 Å². The van der Waals surface area contributed by atoms with Crippen molar-refractivity contribution in [3.8, 4) is 0 Å². The first kappa shape index (κ1) is 19.1. The topological polar surface area (TPSA) is 43.4 Å². The Kier molecular flexibility index (Phi) is 9.52. The van der Waals surface area contributed by atoms with Gasteiger partial charge in [0.2, 0.25) is 0 Å². The van der Waals surface area contributed by atoms with E-state index in [0.717, 1.165) is 44.9 Å². The van der Waals surface area contributed by atoms with Gasteiger partial charge in [-0.05, 0) is 33.1 Å². The van der Waals surface area contributed by atoms with Crippen molar-refractivity contribution in [1.29, 1.82) is 0 Å². The Hall–Kier alpha value is -0.860. The average Bonchev–Trinajstić information content (AvgIpc) is 2.42. The summed E-state index contributed by atoms with van der Waals surface area (Å²) in [5.74, 6) is -0.253. The lowest BCUT2D eigenvalue weighted by Crippen LogP contribution is -2.35. The Morgan fingerprint density at radius 2 is 1.55 bits per heavy atom. The molecule has 0 aliphatic rings. The standard InChI is InChI=1S/C17H32O3/c1-6-9-11-13-17(5,12-10-7-2)16(19)20-15(8-3)14(4)18/h15H,6-13H2,1-5H3. The Balaban J connectivity index is 4.72. The fourth-order valence-electron chi connectivity index (χ4n) is 2.39. The first-order valence-corrected chi connectivity index (χ1v) is 8.12. The van der Waals surface area contributed by atoms with Gasteiger partial charge in [-0.1, -0.05) is 52.9 Å². The van der Waals surface area contributed by atoms with Gasteiger partial charge in [-0.15, -0.1) is 0 Å². The highest BCUT2D eigenvalue weighted by Crippen LogP contribution is 2.33. The predicted molar refractivity (Wildman–Crippen MR) is 82.6 cm³/mol. The molecule has 0 rings (SSSR count). The SMILES string of the molecule is CCCCCC(C)(CCCC)C(=O)OC(CC)C(C)=O. The van der Waals surface area contributed by atoms with Gasteiger partial charge in [-0.3, -0.25) is 9.59 Å². The maximum absolute atomic E-state index is 12.5. The molecule has 0 spiro atoms. The zero-order valence-electron chi connectivity index (χ0n) is 14.0. The molecule has 0 N–H and O–H groups in total. The van der Waals surface area contributed by atoms with Crippen molar-refractivity contribution in [2.75, 3.05) is 0 Å². The van der Waals surface area contributed by atoms with Crippen LogP contribution in [0.3, 0.4) is 0 Å². The van der Waals surface area contributed by atoms with Gasteiger partial charge < -0.3 is 4.74 Å². The zero-order valence-corrected chi connectivity index (χ0v) is 14.0. The van der Waals surface area contributed by atoms with Gasteiger partial charge >= 0.3 is 5.97 Å². The van der Waals surface area contributed by atoms with E-state index in [0.29, 0.717) is 6.42 Å². The van der Waals surface area contributed by atoms with Crippen molar-refractivity contribution in [3.63, 3.8) is 0 Å². The normalized spacial score (nSPS) is 15.4. The molecule has 0 fully saturated rings. The molecule has 0 aromatic rings. The number of unbranched alkanes of at least 4 members (excludes halogenated alkanes) is 3. The van der Waals surface area contributed by atoms with Crippen molar-refractivity contribution >= 4 is 11.8 Å². The Bertz CT molecular complexity index is 299. The second-order valence-electron chi connectivity index (χ2n) is 6.03. The lowest BCUT2D eigenvalue weighted by Gasteiger charge is -2.29. The van der Waals surface area contributed by atoms with Crippen LogP contribution >= 0.6 is 0 Å². The number of esters is 1. The molecule has 0 saturated heterocycles. The maximum Gasteiger partial charge on any atom is 0.312 e. The van der Waals surface area contributed by atoms with Crippen LogP contribution in [0, 0.1) is 5.41 Å². The van der Waals surface area contributed by atoms with E-state index in [9.17, 15) is 9.59 Å². The van der Waals surface area contributed by atoms with Crippen molar-refractivity contribution in [2.24, 2.45) is 5.41 Å². The van der Waals surface area contributed by atoms with Gasteiger partial charge in [0.25, 0.3) is 0 Å². The third kappa shape index (κ3) is 6.53. The predicted octanol–water partition coefficient (Wildman–Crippen LogP) is 4.67. The van der Waals surface area contributed by atoms with Crippen LogP contribution < -0.4 is 0 Å². The molecule has 118 valence electrons. The summed E-state index contributed by atoms with van der Waals surface area (Å²) < 4.78 is 5.47. The highest BCUT2D eigenvalue weighted by atomic mass is 16.5. The van der Waals surface area contributed by atoms with Crippen molar-refractivity contribution < 1.29 is 14.3 Å². The highest BCUT2D eigenvalue weighted by molar-refractivity contribution is 5.85. The molecule has 0 aromatic carbocycles. The Morgan fingerprint density at radius 3 is 2.00 bits per heavy atom. The zero-order chi connectivity index (χ0) is 15.6. The summed E-state index contributed by atoms with van der Waals surface area (Å²) in [6, 6.07) is 0. The summed E-state index contributed by atoms with van der Waals surface area (Å²) in [7, 11) is 0. The lowest BCUT2D eigenvalue weighted by molar-refractivity contribution is -0.165. The molecular weight excluding hydrogens is 252 g/mol. The number of rotatable bonds is 11. The minimum atomic E-state index is -0.574. The lowest BCUT2D eigenvalue weighted by atomic mass is 9.80. The van der Waals surface area contributed by atoms with E-state index >= 15 is 0 Å². The second kappa shape index (κ2) is 9.95. The number of ether oxygens (including phenoxy) is 1. The number of carbonyl (C=O) groups excluding carboxylic acids is 2. The van der Waals surface area contributed by atoms with Gasteiger partial charge in [-0.25, -0.2) is 0 Å². The number of hydrogen-bond donors (Lipinski definition) is 0. The quantitative estimate of drug-likeness (QED) is 0.409. The molecule has 3 heteroatoms. The first-order chi connectivity index (χ1) is 9.41. The number of hydrogen-bond acceptors (Lipinski definition) is 3. The third-order valence-electron chi connectivity index (χ3n) is 3.98. The summed E-state index contributed by atoms with van der Waals surface area (Å²) in [6.07, 6.45) is 7.10. The van der Waals surface area contributed by atoms with Gasteiger partial charge in [0, 0.05) is 0 Å². The van der Waals surface area contributed by atoms with E-state index < -0.39 is 11.5 Å². The fourth-order valence-corrected chi connectivity index (χ4v) is 2.39. The molecule has 2 unspecified atom stereocenters. The minimum Gasteiger partial charge on any atom is -0.454 e. The van der Waals surface area contributed by atoms with Crippen molar-refractivity contribution in [1.82, 2.24) is 0 Å². The Morgan fingerprint density at radius 1 is 1.00 bits per heavy atom. The molecule has 0 bridgehead atoms. The third-order valence-corrected chi connectivity index (χ3v) is 3.98. The van der Waals surface area contributed by atoms with E-state index in [1.807, 2.05) is 13.8 Å². The molecule has 0 amide bonds. The van der Waals surface area contributed by atoms with Crippen LogP contribution in [0.2, 0.25) is 0 Å². The number of carbonyl (C=O) groups is 2. The molecule has 0 radical (unpaired) electrons. The second-order valence-corrected chi connectivity index (χ2v) is 6.03. The maximum atomic E-state index is 12.5. The Labute approximate surface area is 124 Å². The molecular formula is C17H32O3. The van der Waals surface area contributed by atoms with E-state index in [2.05, 4.69) is 13.8 Å². The monoisotopic (exact) mass is 284 g/mol. The summed E-state index contributed by atoms with van der Waals surface area (Å²) in [4.78, 5) is 23.9. The molecule has 0 heterocycles. The van der Waals surface area contributed by atoms with Crippen molar-refractivity contribution in [3.05, 3.63) is 0 Å². The molecule has 20 heavy (non-hydrogen) atoms. The van der Waals surface area contributed by atoms with Crippen LogP contribution in [-0.2, 0) is 14.3 Å². The minimum absolute atomic E-state index is 0.0627. The number of ketones is 1. The molecule has 0 aliphatic carbocycles. The first-order valence-electron chi connectivity index (χ1n) is 8.12. The molecule has 3 nitrogen and oxygen atoms in total. The van der Waals surface area contributed by atoms with Crippen LogP contribution in [-0.4, -0.2) is 17.9 Å². The number of Topliss-reactive ketones (excluding diaryl/α,β-unsaturated/α-hetero) is 1. The summed E-state index contributed by atoms with van der Waals surface area (Å²) in [5, 5.41) is 0. The van der Waals surface area contributed by atoms with Crippen LogP contribution in [0.25, 0.3) is 0 Å². The van der Waals surface area contributed by atoms with E-state index in [1.165, 1.54) is 6.92 Å². The van der Waals surface area contributed by atoms with E-state index in [4.69, 9.17) is 4.74 Å². The van der Waals surface area contributed by atoms with Crippen LogP contribution in [0.5, 0.6) is 0 Å². The smallest absolute Gasteiger partial charge is 0.312 e. The van der Waals surface area contributed by atoms with Crippen molar-refractivity contribution in [2.45, 2.75) is 92.1 Å². The van der Waals surface area contributed by atoms with Gasteiger partial charge in [0.15, 0.2) is 11.9 Å². The molecule has 0 aromatic heterocycles. The highest BCUT2D eigenvalue weighted by Gasteiger charge is 2.35. The molecule has 0 saturated carbocycles. The van der Waals surface area contributed by atoms with Crippen LogP contribution in [0.1, 0.15) is 86.0 Å². The van der Waals surface area contributed by atoms with Crippen LogP contribution in [0.15, 0.2) is 0 Å². The van der Waals surface area contributed by atoms with E-state index in [-0.39, 0.29) is 11.8 Å². The fraction of sp³-hybridized carbons (Fsp3) is 0.882. The summed E-state index contributed by atoms with van der Waals surface area (Å²) >= 11 is 0. The largest absolute Gasteiger partial charge is 0.454 e. The van der Waals surface area contributed by atoms with Gasteiger partial charge in [-0.2, -0.15) is 0 Å². The van der Waals surface area contributed by atoms with Crippen LogP contribution in [0.4, 0.5) is 0 Å². The van der Waals surface area contributed by atoms with Gasteiger partial charge in [0.05, 0.1) is 5.41 Å².